The molecule has 1 aromatic rings. The van der Waals surface area contributed by atoms with Crippen molar-refractivity contribution in [1.29, 1.82) is 0 Å². The van der Waals surface area contributed by atoms with Gasteiger partial charge in [-0.2, -0.15) is 0 Å². The minimum Gasteiger partial charge on any atom is -0.294 e. The van der Waals surface area contributed by atoms with Crippen LogP contribution in [-0.2, 0) is 12.3 Å². The van der Waals surface area contributed by atoms with E-state index in [4.69, 9.17) is 11.6 Å². The van der Waals surface area contributed by atoms with Gasteiger partial charge in [-0.15, -0.1) is 11.6 Å². The summed E-state index contributed by atoms with van der Waals surface area (Å²) < 4.78 is 0. The molecule has 0 aliphatic rings. The van der Waals surface area contributed by atoms with Crippen LogP contribution >= 0.6 is 27.5 Å². The van der Waals surface area contributed by atoms with E-state index < -0.39 is 0 Å². The van der Waals surface area contributed by atoms with Crippen LogP contribution in [0.25, 0.3) is 0 Å². The van der Waals surface area contributed by atoms with Crippen molar-refractivity contribution in [2.24, 2.45) is 0 Å². The summed E-state index contributed by atoms with van der Waals surface area (Å²) in [7, 11) is 0. The van der Waals surface area contributed by atoms with Crippen LogP contribution in [0.4, 0.5) is 0 Å². The average molecular weight is 290 g/mol. The number of halogens is 2. The van der Waals surface area contributed by atoms with Crippen LogP contribution in [0.3, 0.4) is 0 Å². The smallest absolute Gasteiger partial charge is 0.163 e. The molecule has 0 aliphatic heterocycles. The SMILES string of the molecule is CCc1ccc(C(=O)CCBr)cc1CCl. The zero-order valence-electron chi connectivity index (χ0n) is 8.72. The van der Waals surface area contributed by atoms with Crippen LogP contribution in [-0.4, -0.2) is 11.1 Å². The third-order valence-electron chi connectivity index (χ3n) is 2.37. The highest BCUT2D eigenvalue weighted by Crippen LogP contribution is 2.16. The summed E-state index contributed by atoms with van der Waals surface area (Å²) in [6, 6.07) is 5.80. The van der Waals surface area contributed by atoms with E-state index in [0.717, 1.165) is 17.5 Å². The molecule has 0 aromatic heterocycles. The molecule has 0 unspecified atom stereocenters. The van der Waals surface area contributed by atoms with Crippen molar-refractivity contribution >= 4 is 33.3 Å². The van der Waals surface area contributed by atoms with Crippen molar-refractivity contribution < 1.29 is 4.79 Å². The number of carbonyl (C=O) groups excluding carboxylic acids is 1. The van der Waals surface area contributed by atoms with E-state index in [-0.39, 0.29) is 5.78 Å². The molecule has 0 bridgehead atoms. The maximum Gasteiger partial charge on any atom is 0.163 e. The van der Waals surface area contributed by atoms with Crippen molar-refractivity contribution in [1.82, 2.24) is 0 Å². The largest absolute Gasteiger partial charge is 0.294 e. The quantitative estimate of drug-likeness (QED) is 0.592. The Hall–Kier alpha value is -0.340. The number of ketones is 1. The van der Waals surface area contributed by atoms with Crippen LogP contribution < -0.4 is 0 Å². The van der Waals surface area contributed by atoms with Gasteiger partial charge in [0.25, 0.3) is 0 Å². The van der Waals surface area contributed by atoms with Crippen LogP contribution in [0.15, 0.2) is 18.2 Å². The van der Waals surface area contributed by atoms with Crippen LogP contribution in [0.5, 0.6) is 0 Å². The Morgan fingerprint density at radius 1 is 1.40 bits per heavy atom. The second kappa shape index (κ2) is 6.29. The van der Waals surface area contributed by atoms with Crippen molar-refractivity contribution in [3.63, 3.8) is 0 Å². The minimum absolute atomic E-state index is 0.167. The first kappa shape index (κ1) is 12.7. The summed E-state index contributed by atoms with van der Waals surface area (Å²) in [5.41, 5.74) is 3.06. The first-order valence-corrected chi connectivity index (χ1v) is 6.65. The van der Waals surface area contributed by atoms with Crippen LogP contribution in [0.1, 0.15) is 34.8 Å². The Morgan fingerprint density at radius 3 is 2.67 bits per heavy atom. The Balaban J connectivity index is 2.97. The molecular formula is C12H14BrClO. The van der Waals surface area contributed by atoms with Crippen molar-refractivity contribution in [3.8, 4) is 0 Å². The number of Topliss-reactive ketones (excluding diaryl/α,β-unsaturated/α-hetero) is 1. The fourth-order valence-corrected chi connectivity index (χ4v) is 2.11. The molecule has 1 nitrogen and oxygen atoms in total. The second-order valence-corrected chi connectivity index (χ2v) is 4.39. The molecule has 1 aromatic carbocycles. The zero-order valence-corrected chi connectivity index (χ0v) is 11.1. The van der Waals surface area contributed by atoms with Gasteiger partial charge >= 0.3 is 0 Å². The van der Waals surface area contributed by atoms with Crippen LogP contribution in [0.2, 0.25) is 0 Å². The normalized spacial score (nSPS) is 10.3. The molecule has 0 amide bonds. The van der Waals surface area contributed by atoms with Crippen molar-refractivity contribution in [3.05, 3.63) is 34.9 Å². The monoisotopic (exact) mass is 288 g/mol. The first-order chi connectivity index (χ1) is 7.22. The molecule has 0 saturated heterocycles. The van der Waals surface area contributed by atoms with Crippen molar-refractivity contribution in [2.45, 2.75) is 25.6 Å². The molecule has 15 heavy (non-hydrogen) atoms. The van der Waals surface area contributed by atoms with Gasteiger partial charge in [0.05, 0.1) is 0 Å². The highest BCUT2D eigenvalue weighted by atomic mass is 79.9. The summed E-state index contributed by atoms with van der Waals surface area (Å²) in [4.78, 5) is 11.6. The molecule has 0 fully saturated rings. The number of alkyl halides is 2. The van der Waals surface area contributed by atoms with Crippen LogP contribution in [0, 0.1) is 0 Å². The molecule has 0 atom stereocenters. The van der Waals surface area contributed by atoms with E-state index in [2.05, 4.69) is 22.9 Å². The molecule has 1 rings (SSSR count). The predicted octanol–water partition coefficient (Wildman–Crippen LogP) is 3.96. The first-order valence-electron chi connectivity index (χ1n) is 4.99. The molecule has 0 radical (unpaired) electrons. The Labute approximate surface area is 104 Å². The summed E-state index contributed by atoms with van der Waals surface area (Å²) >= 11 is 9.11. The third-order valence-corrected chi connectivity index (χ3v) is 3.06. The molecule has 82 valence electrons. The highest BCUT2D eigenvalue weighted by Gasteiger charge is 2.07. The van der Waals surface area contributed by atoms with Gasteiger partial charge in [-0.05, 0) is 23.6 Å². The number of hydrogen-bond acceptors (Lipinski definition) is 1. The molecular weight excluding hydrogens is 275 g/mol. The lowest BCUT2D eigenvalue weighted by molar-refractivity contribution is 0.0990. The number of benzene rings is 1. The van der Waals surface area contributed by atoms with Gasteiger partial charge in [0.2, 0.25) is 0 Å². The summed E-state index contributed by atoms with van der Waals surface area (Å²) in [5, 5.41) is 0.706. The Bertz CT molecular complexity index is 349. The molecule has 0 aliphatic carbocycles. The molecule has 3 heteroatoms. The Kier molecular flexibility index (Phi) is 5.34. The zero-order chi connectivity index (χ0) is 11.3. The maximum absolute atomic E-state index is 11.6. The highest BCUT2D eigenvalue weighted by molar-refractivity contribution is 9.09. The van der Waals surface area contributed by atoms with Gasteiger partial charge in [0.1, 0.15) is 0 Å². The average Bonchev–Trinajstić information content (AvgIpc) is 2.28. The Morgan fingerprint density at radius 2 is 2.13 bits per heavy atom. The predicted molar refractivity (Wildman–Crippen MR) is 68.1 cm³/mol. The maximum atomic E-state index is 11.6. The number of aryl methyl sites for hydroxylation is 1. The lowest BCUT2D eigenvalue weighted by Gasteiger charge is -2.07. The summed E-state index contributed by atoms with van der Waals surface area (Å²) in [6.07, 6.45) is 1.49. The number of hydrogen-bond donors (Lipinski definition) is 0. The topological polar surface area (TPSA) is 17.1 Å². The molecule has 0 heterocycles. The minimum atomic E-state index is 0.167. The molecule has 0 spiro atoms. The van der Waals surface area contributed by atoms with E-state index in [1.807, 2.05) is 18.2 Å². The van der Waals surface area contributed by atoms with Gasteiger partial charge in [0, 0.05) is 23.2 Å². The van der Waals surface area contributed by atoms with E-state index in [0.29, 0.717) is 17.6 Å². The van der Waals surface area contributed by atoms with E-state index in [1.54, 1.807) is 0 Å². The fourth-order valence-electron chi connectivity index (χ4n) is 1.50. The van der Waals surface area contributed by atoms with E-state index in [1.165, 1.54) is 5.56 Å². The second-order valence-electron chi connectivity index (χ2n) is 3.33. The van der Waals surface area contributed by atoms with Gasteiger partial charge < -0.3 is 0 Å². The van der Waals surface area contributed by atoms with Gasteiger partial charge in [-0.1, -0.05) is 35.0 Å². The lowest BCUT2D eigenvalue weighted by atomic mass is 10.0. The van der Waals surface area contributed by atoms with Crippen molar-refractivity contribution in [2.75, 3.05) is 5.33 Å². The summed E-state index contributed by atoms with van der Waals surface area (Å²) in [5.74, 6) is 0.638. The third kappa shape index (κ3) is 3.32. The lowest BCUT2D eigenvalue weighted by Crippen LogP contribution is -2.01. The molecule has 0 saturated carbocycles. The van der Waals surface area contributed by atoms with Gasteiger partial charge in [0.15, 0.2) is 5.78 Å². The molecule has 0 N–H and O–H groups in total. The summed E-state index contributed by atoms with van der Waals surface area (Å²) in [6.45, 7) is 2.09. The number of carbonyl (C=O) groups is 1. The van der Waals surface area contributed by atoms with Gasteiger partial charge in [-0.3, -0.25) is 4.79 Å². The number of rotatable bonds is 5. The van der Waals surface area contributed by atoms with Gasteiger partial charge in [-0.25, -0.2) is 0 Å². The van der Waals surface area contributed by atoms with E-state index >= 15 is 0 Å². The van der Waals surface area contributed by atoms with E-state index in [9.17, 15) is 4.79 Å². The standard InChI is InChI=1S/C12H14BrClO/c1-2-9-3-4-10(7-11(9)8-14)12(15)5-6-13/h3-4,7H,2,5-6,8H2,1H3. The fraction of sp³-hybridized carbons (Fsp3) is 0.417.